The van der Waals surface area contributed by atoms with Crippen LogP contribution in [0.2, 0.25) is 0 Å². The summed E-state index contributed by atoms with van der Waals surface area (Å²) in [7, 11) is 0. The molecule has 0 fully saturated rings. The first-order valence-electron chi connectivity index (χ1n) is 13.9. The van der Waals surface area contributed by atoms with Crippen LogP contribution in [0.5, 0.6) is 0 Å². The van der Waals surface area contributed by atoms with Gasteiger partial charge in [-0.25, -0.2) is 0 Å². The van der Waals surface area contributed by atoms with E-state index in [1.165, 1.54) is 115 Å². The highest BCUT2D eigenvalue weighted by Crippen LogP contribution is 2.19. The minimum absolute atomic E-state index is 0.463. The molecule has 0 saturated carbocycles. The molecule has 0 rings (SSSR count). The zero-order valence-electron chi connectivity index (χ0n) is 22.0. The van der Waals surface area contributed by atoms with Crippen molar-refractivity contribution < 1.29 is 4.79 Å². The standard InChI is InChI=1S/C29H57NO/c1-6-9-14-22-28(19-7-2)26-30(24-17-12-10-11-15-21-27(4)5)25-18-13-16-23-29(31)20-8-3/h28H,4,6-26H2,1-3,5H3. The number of Topliss-reactive ketones (excluding diaryl/α,β-unsaturated/α-hetero) is 1. The largest absolute Gasteiger partial charge is 0.303 e. The number of unbranched alkanes of at least 4 members (excludes halogenated alkanes) is 8. The van der Waals surface area contributed by atoms with E-state index >= 15 is 0 Å². The summed E-state index contributed by atoms with van der Waals surface area (Å²) in [6.07, 6.45) is 22.3. The second-order valence-corrected chi connectivity index (χ2v) is 10.0. The summed E-state index contributed by atoms with van der Waals surface area (Å²) in [6, 6.07) is 0. The quantitative estimate of drug-likeness (QED) is 0.111. The first-order valence-corrected chi connectivity index (χ1v) is 13.9. The normalized spacial score (nSPS) is 12.4. The van der Waals surface area contributed by atoms with E-state index in [-0.39, 0.29) is 0 Å². The van der Waals surface area contributed by atoms with E-state index in [9.17, 15) is 4.79 Å². The van der Waals surface area contributed by atoms with Gasteiger partial charge in [0.25, 0.3) is 0 Å². The third-order valence-corrected chi connectivity index (χ3v) is 6.47. The number of ketones is 1. The van der Waals surface area contributed by atoms with E-state index in [1.54, 1.807) is 0 Å². The van der Waals surface area contributed by atoms with E-state index < -0.39 is 0 Å². The molecule has 0 aromatic heterocycles. The summed E-state index contributed by atoms with van der Waals surface area (Å²) in [5, 5.41) is 0. The van der Waals surface area contributed by atoms with Crippen LogP contribution in [0, 0.1) is 5.92 Å². The molecule has 0 heterocycles. The van der Waals surface area contributed by atoms with Gasteiger partial charge in [-0.3, -0.25) is 4.79 Å². The van der Waals surface area contributed by atoms with Crippen molar-refractivity contribution in [2.45, 2.75) is 143 Å². The highest BCUT2D eigenvalue weighted by molar-refractivity contribution is 5.78. The Morgan fingerprint density at radius 3 is 1.90 bits per heavy atom. The van der Waals surface area contributed by atoms with Gasteiger partial charge in [0.1, 0.15) is 5.78 Å². The van der Waals surface area contributed by atoms with E-state index in [4.69, 9.17) is 0 Å². The average Bonchev–Trinajstić information content (AvgIpc) is 2.72. The number of hydrogen-bond acceptors (Lipinski definition) is 2. The van der Waals surface area contributed by atoms with Crippen molar-refractivity contribution in [3.63, 3.8) is 0 Å². The molecule has 0 aromatic rings. The number of carbonyl (C=O) groups is 1. The van der Waals surface area contributed by atoms with Gasteiger partial charge in [-0.1, -0.05) is 77.7 Å². The number of rotatable bonds is 24. The van der Waals surface area contributed by atoms with Crippen molar-refractivity contribution in [3.8, 4) is 0 Å². The lowest BCUT2D eigenvalue weighted by Gasteiger charge is -2.28. The number of nitrogens with zero attached hydrogens (tertiary/aromatic N) is 1. The Morgan fingerprint density at radius 1 is 0.677 bits per heavy atom. The van der Waals surface area contributed by atoms with Crippen LogP contribution in [0.4, 0.5) is 0 Å². The van der Waals surface area contributed by atoms with Gasteiger partial charge >= 0.3 is 0 Å². The molecule has 0 aliphatic rings. The van der Waals surface area contributed by atoms with Gasteiger partial charge in [0.2, 0.25) is 0 Å². The van der Waals surface area contributed by atoms with Crippen molar-refractivity contribution in [1.29, 1.82) is 0 Å². The second kappa shape index (κ2) is 22.6. The fourth-order valence-corrected chi connectivity index (χ4v) is 4.61. The summed E-state index contributed by atoms with van der Waals surface area (Å²) in [4.78, 5) is 14.5. The van der Waals surface area contributed by atoms with Crippen molar-refractivity contribution in [1.82, 2.24) is 4.90 Å². The van der Waals surface area contributed by atoms with E-state index in [1.807, 2.05) is 0 Å². The lowest BCUT2D eigenvalue weighted by atomic mass is 9.95. The summed E-state index contributed by atoms with van der Waals surface area (Å²) in [5.74, 6) is 1.34. The smallest absolute Gasteiger partial charge is 0.132 e. The molecule has 184 valence electrons. The average molecular weight is 436 g/mol. The zero-order chi connectivity index (χ0) is 23.2. The van der Waals surface area contributed by atoms with Crippen LogP contribution in [0.15, 0.2) is 12.2 Å². The molecule has 0 aliphatic carbocycles. The fraction of sp³-hybridized carbons (Fsp3) is 0.897. The van der Waals surface area contributed by atoms with Crippen molar-refractivity contribution >= 4 is 5.78 Å². The molecule has 2 heteroatoms. The molecule has 1 atom stereocenters. The summed E-state index contributed by atoms with van der Waals surface area (Å²) in [5.41, 5.74) is 1.33. The molecule has 0 aromatic carbocycles. The third kappa shape index (κ3) is 21.0. The van der Waals surface area contributed by atoms with E-state index in [2.05, 4.69) is 39.2 Å². The van der Waals surface area contributed by atoms with Gasteiger partial charge in [0, 0.05) is 19.4 Å². The van der Waals surface area contributed by atoms with Crippen LogP contribution >= 0.6 is 0 Å². The Balaban J connectivity index is 4.34. The lowest BCUT2D eigenvalue weighted by Crippen LogP contribution is -2.31. The molecule has 0 bridgehead atoms. The Hall–Kier alpha value is -0.630. The number of allylic oxidation sites excluding steroid dienone is 1. The molecule has 31 heavy (non-hydrogen) atoms. The summed E-state index contributed by atoms with van der Waals surface area (Å²) >= 11 is 0. The molecule has 2 nitrogen and oxygen atoms in total. The highest BCUT2D eigenvalue weighted by atomic mass is 16.1. The van der Waals surface area contributed by atoms with Crippen LogP contribution in [0.25, 0.3) is 0 Å². The second-order valence-electron chi connectivity index (χ2n) is 10.0. The Kier molecular flexibility index (Phi) is 22.1. The number of carbonyl (C=O) groups excluding carboxylic acids is 1. The molecule has 1 unspecified atom stereocenters. The Labute approximate surface area is 196 Å². The van der Waals surface area contributed by atoms with Crippen LogP contribution in [-0.4, -0.2) is 30.3 Å². The molecule has 0 aliphatic heterocycles. The Morgan fingerprint density at radius 2 is 1.29 bits per heavy atom. The maximum Gasteiger partial charge on any atom is 0.132 e. The van der Waals surface area contributed by atoms with Gasteiger partial charge in [-0.2, -0.15) is 0 Å². The van der Waals surface area contributed by atoms with Gasteiger partial charge in [0.05, 0.1) is 0 Å². The van der Waals surface area contributed by atoms with Crippen LogP contribution in [0.3, 0.4) is 0 Å². The molecular formula is C29H57NO. The predicted molar refractivity (Wildman–Crippen MR) is 140 cm³/mol. The lowest BCUT2D eigenvalue weighted by molar-refractivity contribution is -0.119. The van der Waals surface area contributed by atoms with E-state index in [0.29, 0.717) is 5.78 Å². The van der Waals surface area contributed by atoms with Crippen LogP contribution < -0.4 is 0 Å². The SMILES string of the molecule is C=C(C)CCCCCCCN(CCCCCC(=O)CCC)CC(CCC)CCCCC. The Bertz CT molecular complexity index is 417. The van der Waals surface area contributed by atoms with E-state index in [0.717, 1.165) is 31.6 Å². The maximum absolute atomic E-state index is 11.8. The van der Waals surface area contributed by atoms with Crippen molar-refractivity contribution in [2.75, 3.05) is 19.6 Å². The van der Waals surface area contributed by atoms with Gasteiger partial charge < -0.3 is 4.90 Å². The predicted octanol–water partition coefficient (Wildman–Crippen LogP) is 9.13. The molecule has 0 saturated heterocycles. The van der Waals surface area contributed by atoms with Gasteiger partial charge in [-0.05, 0) is 77.3 Å². The molecular weight excluding hydrogens is 378 g/mol. The first-order chi connectivity index (χ1) is 15.0. The molecule has 0 amide bonds. The maximum atomic E-state index is 11.8. The minimum atomic E-state index is 0.463. The molecule has 0 spiro atoms. The highest BCUT2D eigenvalue weighted by Gasteiger charge is 2.13. The van der Waals surface area contributed by atoms with Gasteiger partial charge in [-0.15, -0.1) is 6.58 Å². The number of hydrogen-bond donors (Lipinski definition) is 0. The zero-order valence-corrected chi connectivity index (χ0v) is 22.0. The van der Waals surface area contributed by atoms with Crippen LogP contribution in [-0.2, 0) is 4.79 Å². The summed E-state index contributed by atoms with van der Waals surface area (Å²) in [6.45, 7) is 16.7. The molecule has 0 radical (unpaired) electrons. The van der Waals surface area contributed by atoms with Crippen molar-refractivity contribution in [2.24, 2.45) is 5.92 Å². The minimum Gasteiger partial charge on any atom is -0.303 e. The summed E-state index contributed by atoms with van der Waals surface area (Å²) < 4.78 is 0. The first kappa shape index (κ1) is 30.4. The monoisotopic (exact) mass is 435 g/mol. The fourth-order valence-electron chi connectivity index (χ4n) is 4.61. The molecule has 0 N–H and O–H groups in total. The van der Waals surface area contributed by atoms with Crippen molar-refractivity contribution in [3.05, 3.63) is 12.2 Å². The van der Waals surface area contributed by atoms with Crippen LogP contribution in [0.1, 0.15) is 143 Å². The topological polar surface area (TPSA) is 20.3 Å². The third-order valence-electron chi connectivity index (χ3n) is 6.47. The van der Waals surface area contributed by atoms with Gasteiger partial charge in [0.15, 0.2) is 0 Å².